The van der Waals surface area contributed by atoms with Gasteiger partial charge >= 0.3 is 5.97 Å². The Morgan fingerprint density at radius 3 is 2.11 bits per heavy atom. The van der Waals surface area contributed by atoms with Crippen LogP contribution in [-0.2, 0) is 5.92 Å². The van der Waals surface area contributed by atoms with Gasteiger partial charge in [-0.15, -0.1) is 0 Å². The van der Waals surface area contributed by atoms with E-state index in [0.29, 0.717) is 5.56 Å². The summed E-state index contributed by atoms with van der Waals surface area (Å²) in [6, 6.07) is 1.15. The number of aromatic carboxylic acids is 1. The Bertz CT molecular complexity index is 467. The number of aryl methyl sites for hydroxylation is 2. The molecule has 0 aliphatic heterocycles. The first-order valence-electron chi connectivity index (χ1n) is 5.58. The molecule has 1 heterocycles. The predicted octanol–water partition coefficient (Wildman–Crippen LogP) is 3.53. The van der Waals surface area contributed by atoms with Crippen LogP contribution in [0.2, 0.25) is 0 Å². The third-order valence-electron chi connectivity index (χ3n) is 2.88. The van der Waals surface area contributed by atoms with E-state index >= 15 is 0 Å². The summed E-state index contributed by atoms with van der Waals surface area (Å²) in [7, 11) is 0. The van der Waals surface area contributed by atoms with Crippen LogP contribution < -0.4 is 0 Å². The van der Waals surface area contributed by atoms with Crippen molar-refractivity contribution in [3.8, 4) is 0 Å². The van der Waals surface area contributed by atoms with E-state index in [1.807, 2.05) is 0 Å². The molecule has 0 spiro atoms. The number of carboxylic acid groups (broad SMARTS) is 1. The van der Waals surface area contributed by atoms with E-state index in [0.717, 1.165) is 6.07 Å². The molecule has 0 radical (unpaired) electrons. The van der Waals surface area contributed by atoms with E-state index < -0.39 is 17.3 Å². The summed E-state index contributed by atoms with van der Waals surface area (Å²) in [6.45, 7) is 7.19. The van der Waals surface area contributed by atoms with Crippen molar-refractivity contribution >= 4 is 5.97 Å². The van der Waals surface area contributed by atoms with Crippen LogP contribution in [0.3, 0.4) is 0 Å². The minimum Gasteiger partial charge on any atom is -0.478 e. The van der Waals surface area contributed by atoms with Crippen LogP contribution >= 0.6 is 0 Å². The quantitative estimate of drug-likeness (QED) is 0.881. The molecule has 0 saturated heterocycles. The number of halogens is 2. The van der Waals surface area contributed by atoms with Gasteiger partial charge in [0.05, 0.1) is 11.3 Å². The van der Waals surface area contributed by atoms with Crippen molar-refractivity contribution in [2.45, 2.75) is 40.5 Å². The van der Waals surface area contributed by atoms with Crippen molar-refractivity contribution in [3.63, 3.8) is 0 Å². The smallest absolute Gasteiger partial charge is 0.337 e. The van der Waals surface area contributed by atoms with E-state index in [-0.39, 0.29) is 17.0 Å². The number of carbonyl (C=O) groups is 1. The molecule has 0 unspecified atom stereocenters. The van der Waals surface area contributed by atoms with Crippen molar-refractivity contribution in [2.24, 2.45) is 5.41 Å². The van der Waals surface area contributed by atoms with Gasteiger partial charge in [-0.1, -0.05) is 20.8 Å². The molecule has 1 rings (SSSR count). The summed E-state index contributed by atoms with van der Waals surface area (Å²) in [5, 5.41) is 8.97. The zero-order chi connectivity index (χ0) is 14.3. The van der Waals surface area contributed by atoms with Crippen LogP contribution in [0.25, 0.3) is 0 Å². The van der Waals surface area contributed by atoms with Crippen LogP contribution in [0.1, 0.15) is 48.1 Å². The molecule has 0 aliphatic carbocycles. The highest BCUT2D eigenvalue weighted by Gasteiger charge is 2.46. The third kappa shape index (κ3) is 2.35. The molecular formula is C13H17F2NO2. The van der Waals surface area contributed by atoms with Crippen LogP contribution in [0, 0.1) is 19.3 Å². The summed E-state index contributed by atoms with van der Waals surface area (Å²) >= 11 is 0. The Morgan fingerprint density at radius 2 is 1.78 bits per heavy atom. The second-order valence-corrected chi connectivity index (χ2v) is 5.41. The zero-order valence-electron chi connectivity index (χ0n) is 11.1. The molecule has 1 aromatic heterocycles. The van der Waals surface area contributed by atoms with Gasteiger partial charge in [0.1, 0.15) is 5.69 Å². The van der Waals surface area contributed by atoms with Gasteiger partial charge in [-0.3, -0.25) is 4.98 Å². The van der Waals surface area contributed by atoms with Gasteiger partial charge in [0, 0.05) is 5.41 Å². The van der Waals surface area contributed by atoms with Crippen molar-refractivity contribution < 1.29 is 18.7 Å². The first kappa shape index (κ1) is 14.5. The Labute approximate surface area is 105 Å². The van der Waals surface area contributed by atoms with Crippen LogP contribution in [0.4, 0.5) is 8.78 Å². The highest BCUT2D eigenvalue weighted by molar-refractivity contribution is 5.90. The topological polar surface area (TPSA) is 50.2 Å². The number of pyridine rings is 1. The van der Waals surface area contributed by atoms with Crippen molar-refractivity contribution in [1.29, 1.82) is 0 Å². The van der Waals surface area contributed by atoms with E-state index in [2.05, 4.69) is 4.98 Å². The molecule has 0 saturated carbocycles. The number of alkyl halides is 2. The van der Waals surface area contributed by atoms with Gasteiger partial charge in [0.15, 0.2) is 0 Å². The Balaban J connectivity index is 3.44. The monoisotopic (exact) mass is 257 g/mol. The SMILES string of the molecule is Cc1cc(C(F)(F)C(C)(C)C)nc(C)c1C(=O)O. The lowest BCUT2D eigenvalue weighted by molar-refractivity contribution is -0.108. The van der Waals surface area contributed by atoms with Gasteiger partial charge in [-0.05, 0) is 25.5 Å². The van der Waals surface area contributed by atoms with Crippen LogP contribution in [0.15, 0.2) is 6.07 Å². The van der Waals surface area contributed by atoms with E-state index in [9.17, 15) is 13.6 Å². The lowest BCUT2D eigenvalue weighted by Crippen LogP contribution is -2.32. The Kier molecular flexibility index (Phi) is 3.47. The molecule has 0 amide bonds. The molecule has 1 N–H and O–H groups in total. The van der Waals surface area contributed by atoms with Gasteiger partial charge in [0.25, 0.3) is 5.92 Å². The highest BCUT2D eigenvalue weighted by atomic mass is 19.3. The standard InChI is InChI=1S/C13H17F2NO2/c1-7-6-9(13(14,15)12(3,4)5)16-8(2)10(7)11(17)18/h6H,1-5H3,(H,17,18). The summed E-state index contributed by atoms with van der Waals surface area (Å²) in [5.41, 5.74) is -1.25. The van der Waals surface area contributed by atoms with Gasteiger partial charge < -0.3 is 5.11 Å². The number of hydrogen-bond acceptors (Lipinski definition) is 2. The minimum atomic E-state index is -3.11. The molecule has 18 heavy (non-hydrogen) atoms. The van der Waals surface area contributed by atoms with Crippen molar-refractivity contribution in [1.82, 2.24) is 4.98 Å². The average Bonchev–Trinajstić information content (AvgIpc) is 2.13. The molecule has 0 aliphatic rings. The lowest BCUT2D eigenvalue weighted by atomic mass is 9.85. The van der Waals surface area contributed by atoms with Crippen LogP contribution in [-0.4, -0.2) is 16.1 Å². The fraction of sp³-hybridized carbons (Fsp3) is 0.538. The maximum Gasteiger partial charge on any atom is 0.337 e. The molecule has 0 atom stereocenters. The van der Waals surface area contributed by atoms with Crippen molar-refractivity contribution in [2.75, 3.05) is 0 Å². The lowest BCUT2D eigenvalue weighted by Gasteiger charge is -2.30. The maximum absolute atomic E-state index is 14.1. The summed E-state index contributed by atoms with van der Waals surface area (Å²) in [6.07, 6.45) is 0. The van der Waals surface area contributed by atoms with E-state index in [1.165, 1.54) is 34.6 Å². The Morgan fingerprint density at radius 1 is 1.28 bits per heavy atom. The summed E-state index contributed by atoms with van der Waals surface area (Å²) in [4.78, 5) is 14.7. The van der Waals surface area contributed by atoms with Crippen molar-refractivity contribution in [3.05, 3.63) is 28.6 Å². The predicted molar refractivity (Wildman–Crippen MR) is 64.0 cm³/mol. The average molecular weight is 257 g/mol. The second-order valence-electron chi connectivity index (χ2n) is 5.41. The molecule has 0 fully saturated rings. The summed E-state index contributed by atoms with van der Waals surface area (Å²) in [5.74, 6) is -4.26. The number of carboxylic acids is 1. The second kappa shape index (κ2) is 4.30. The number of aromatic nitrogens is 1. The molecule has 3 nitrogen and oxygen atoms in total. The fourth-order valence-electron chi connectivity index (χ4n) is 1.70. The van der Waals surface area contributed by atoms with Gasteiger partial charge in [0.2, 0.25) is 0 Å². The maximum atomic E-state index is 14.1. The molecule has 100 valence electrons. The van der Waals surface area contributed by atoms with Gasteiger partial charge in [-0.2, -0.15) is 8.78 Å². The first-order chi connectivity index (χ1) is 7.98. The van der Waals surface area contributed by atoms with Gasteiger partial charge in [-0.25, -0.2) is 4.79 Å². The minimum absolute atomic E-state index is 0.0107. The molecular weight excluding hydrogens is 240 g/mol. The highest BCUT2D eigenvalue weighted by Crippen LogP contribution is 2.44. The summed E-state index contributed by atoms with van der Waals surface area (Å²) < 4.78 is 28.3. The zero-order valence-corrected chi connectivity index (χ0v) is 11.1. The largest absolute Gasteiger partial charge is 0.478 e. The molecule has 0 aromatic carbocycles. The van der Waals surface area contributed by atoms with Crippen LogP contribution in [0.5, 0.6) is 0 Å². The van der Waals surface area contributed by atoms with E-state index in [1.54, 1.807) is 0 Å². The molecule has 5 heteroatoms. The number of nitrogens with zero attached hydrogens (tertiary/aromatic N) is 1. The fourth-order valence-corrected chi connectivity index (χ4v) is 1.70. The first-order valence-corrected chi connectivity index (χ1v) is 5.58. The number of rotatable bonds is 2. The van der Waals surface area contributed by atoms with E-state index in [4.69, 9.17) is 5.11 Å². The Hall–Kier alpha value is -1.52. The molecule has 1 aromatic rings. The normalized spacial score (nSPS) is 12.6. The third-order valence-corrected chi connectivity index (χ3v) is 2.88. The number of hydrogen-bond donors (Lipinski definition) is 1. The molecule has 0 bridgehead atoms.